The van der Waals surface area contributed by atoms with Gasteiger partial charge in [-0.2, -0.15) is 39.5 Å². The summed E-state index contributed by atoms with van der Waals surface area (Å²) in [6, 6.07) is 2.18. The quantitative estimate of drug-likeness (QED) is 0.149. The zero-order valence-corrected chi connectivity index (χ0v) is 24.1. The monoisotopic (exact) mass is 667 g/mol. The Labute approximate surface area is 254 Å². The number of alkyl halides is 9. The maximum atomic E-state index is 14.6. The number of cyclic esters (lactones) is 1. The van der Waals surface area contributed by atoms with Crippen LogP contribution in [0.5, 0.6) is 11.5 Å². The molecule has 46 heavy (non-hydrogen) atoms. The van der Waals surface area contributed by atoms with Crippen LogP contribution >= 0.6 is 0 Å². The van der Waals surface area contributed by atoms with E-state index in [2.05, 4.69) is 0 Å². The topological polar surface area (TPSA) is 65.1 Å². The van der Waals surface area contributed by atoms with Gasteiger partial charge in [0.15, 0.2) is 11.6 Å². The summed E-state index contributed by atoms with van der Waals surface area (Å²) in [4.78, 5) is 25.5. The summed E-state index contributed by atoms with van der Waals surface area (Å²) >= 11 is 0. The summed E-state index contributed by atoms with van der Waals surface area (Å²) in [6.07, 6.45) is -18.2. The SMILES string of the molecule is COc1cc(F)c(OC(C)=O)cc1-c1ccc(C(F)(F)F)cc1[C@@H](C)N1C(=O)O[C@H](c2cc(C(F)(F)F)cc(C(F)(F)F)c2)[C@@H]1C. The van der Waals surface area contributed by atoms with Crippen LogP contribution in [0.1, 0.15) is 60.7 Å². The van der Waals surface area contributed by atoms with Gasteiger partial charge in [-0.1, -0.05) is 6.07 Å². The largest absolute Gasteiger partial charge is 0.496 e. The average molecular weight is 667 g/mol. The molecule has 0 aromatic heterocycles. The zero-order valence-electron chi connectivity index (χ0n) is 24.1. The first-order valence-corrected chi connectivity index (χ1v) is 13.2. The van der Waals surface area contributed by atoms with Crippen molar-refractivity contribution in [3.63, 3.8) is 0 Å². The van der Waals surface area contributed by atoms with Crippen LogP contribution in [-0.2, 0) is 28.1 Å². The smallest absolute Gasteiger partial charge is 0.416 e. The Kier molecular flexibility index (Phi) is 8.98. The molecule has 16 heteroatoms. The minimum absolute atomic E-state index is 0.0624. The maximum Gasteiger partial charge on any atom is 0.416 e. The van der Waals surface area contributed by atoms with E-state index in [0.29, 0.717) is 24.3 Å². The Balaban J connectivity index is 1.86. The number of benzene rings is 3. The second-order valence-electron chi connectivity index (χ2n) is 10.3. The molecule has 4 rings (SSSR count). The van der Waals surface area contributed by atoms with Crippen LogP contribution in [0.15, 0.2) is 48.5 Å². The Morgan fingerprint density at radius 2 is 1.39 bits per heavy atom. The lowest BCUT2D eigenvalue weighted by molar-refractivity contribution is -0.143. The highest BCUT2D eigenvalue weighted by Crippen LogP contribution is 2.46. The third-order valence-corrected chi connectivity index (χ3v) is 7.30. The molecule has 6 nitrogen and oxygen atoms in total. The molecule has 1 amide bonds. The number of halogens is 10. The van der Waals surface area contributed by atoms with Gasteiger partial charge in [0.2, 0.25) is 0 Å². The van der Waals surface area contributed by atoms with Gasteiger partial charge < -0.3 is 14.2 Å². The van der Waals surface area contributed by atoms with Crippen LogP contribution in [0.3, 0.4) is 0 Å². The minimum atomic E-state index is -5.19. The van der Waals surface area contributed by atoms with Crippen LogP contribution in [0.4, 0.5) is 48.7 Å². The van der Waals surface area contributed by atoms with E-state index in [0.717, 1.165) is 37.1 Å². The first-order chi connectivity index (χ1) is 21.1. The van der Waals surface area contributed by atoms with E-state index in [1.165, 1.54) is 13.8 Å². The van der Waals surface area contributed by atoms with Crippen molar-refractivity contribution < 1.29 is 67.7 Å². The van der Waals surface area contributed by atoms with Crippen LogP contribution in [0, 0.1) is 5.82 Å². The Bertz CT molecular complexity index is 1630. The van der Waals surface area contributed by atoms with Gasteiger partial charge in [0.1, 0.15) is 11.9 Å². The van der Waals surface area contributed by atoms with E-state index >= 15 is 0 Å². The lowest BCUT2D eigenvalue weighted by atomic mass is 9.91. The third kappa shape index (κ3) is 6.84. The molecule has 0 spiro atoms. The van der Waals surface area contributed by atoms with E-state index in [1.807, 2.05) is 0 Å². The number of nitrogens with zero attached hydrogens (tertiary/aromatic N) is 1. The van der Waals surface area contributed by atoms with E-state index in [4.69, 9.17) is 14.2 Å². The van der Waals surface area contributed by atoms with Crippen LogP contribution in [0.2, 0.25) is 0 Å². The molecule has 1 saturated heterocycles. The van der Waals surface area contributed by atoms with Crippen molar-refractivity contribution in [1.29, 1.82) is 0 Å². The molecule has 1 heterocycles. The fourth-order valence-corrected chi connectivity index (χ4v) is 5.21. The molecule has 3 atom stereocenters. The summed E-state index contributed by atoms with van der Waals surface area (Å²) in [5.41, 5.74) is -5.50. The lowest BCUT2D eigenvalue weighted by Gasteiger charge is -2.30. The number of rotatable bonds is 6. The fourth-order valence-electron chi connectivity index (χ4n) is 5.21. The van der Waals surface area contributed by atoms with Gasteiger partial charge in [-0.15, -0.1) is 0 Å². The first-order valence-electron chi connectivity index (χ1n) is 13.2. The minimum Gasteiger partial charge on any atom is -0.496 e. The van der Waals surface area contributed by atoms with Gasteiger partial charge >= 0.3 is 30.6 Å². The highest BCUT2D eigenvalue weighted by Gasteiger charge is 2.46. The van der Waals surface area contributed by atoms with Crippen molar-refractivity contribution in [2.24, 2.45) is 0 Å². The summed E-state index contributed by atoms with van der Waals surface area (Å²) in [5.74, 6) is -2.77. The van der Waals surface area contributed by atoms with Gasteiger partial charge in [-0.3, -0.25) is 9.69 Å². The van der Waals surface area contributed by atoms with Crippen molar-refractivity contribution in [3.8, 4) is 22.6 Å². The van der Waals surface area contributed by atoms with Crippen molar-refractivity contribution in [3.05, 3.63) is 82.2 Å². The predicted molar refractivity (Wildman–Crippen MR) is 140 cm³/mol. The average Bonchev–Trinajstić information content (AvgIpc) is 3.24. The Hall–Kier alpha value is -4.50. The van der Waals surface area contributed by atoms with Gasteiger partial charge in [-0.25, -0.2) is 9.18 Å². The number of amides is 1. The molecule has 1 aliphatic rings. The molecule has 1 aliphatic heterocycles. The second-order valence-corrected chi connectivity index (χ2v) is 10.3. The molecular formula is C30H23F10NO5. The van der Waals surface area contributed by atoms with Gasteiger partial charge in [0.25, 0.3) is 0 Å². The number of carbonyl (C=O) groups excluding carboxylic acids is 2. The highest BCUT2D eigenvalue weighted by molar-refractivity contribution is 5.79. The summed E-state index contributed by atoms with van der Waals surface area (Å²) in [5, 5.41) is 0. The maximum absolute atomic E-state index is 14.6. The van der Waals surface area contributed by atoms with Crippen LogP contribution in [0.25, 0.3) is 11.1 Å². The van der Waals surface area contributed by atoms with E-state index in [1.54, 1.807) is 0 Å². The normalized spacial score (nSPS) is 18.0. The van der Waals surface area contributed by atoms with Crippen molar-refractivity contribution in [1.82, 2.24) is 4.90 Å². The molecule has 0 unspecified atom stereocenters. The number of ether oxygens (including phenoxy) is 3. The number of hydrogen-bond acceptors (Lipinski definition) is 5. The van der Waals surface area contributed by atoms with Gasteiger partial charge in [-0.05, 0) is 66.9 Å². The highest BCUT2D eigenvalue weighted by atomic mass is 19.4. The summed E-state index contributed by atoms with van der Waals surface area (Å²) in [7, 11) is 1.13. The molecule has 0 saturated carbocycles. The number of carbonyl (C=O) groups is 2. The second kappa shape index (κ2) is 12.0. The predicted octanol–water partition coefficient (Wildman–Crippen LogP) is 9.13. The number of hydrogen-bond donors (Lipinski definition) is 0. The first kappa shape index (κ1) is 34.4. The Morgan fingerprint density at radius 1 is 0.826 bits per heavy atom. The molecule has 1 fully saturated rings. The van der Waals surface area contributed by atoms with Crippen molar-refractivity contribution >= 4 is 12.1 Å². The van der Waals surface area contributed by atoms with E-state index in [-0.39, 0.29) is 28.5 Å². The molecule has 0 radical (unpaired) electrons. The van der Waals surface area contributed by atoms with Crippen molar-refractivity contribution in [2.45, 2.75) is 57.5 Å². The molecule has 3 aromatic carbocycles. The number of methoxy groups -OCH3 is 1. The van der Waals surface area contributed by atoms with E-state index < -0.39 is 82.6 Å². The lowest BCUT2D eigenvalue weighted by Crippen LogP contribution is -2.35. The van der Waals surface area contributed by atoms with Crippen LogP contribution < -0.4 is 9.47 Å². The third-order valence-electron chi connectivity index (χ3n) is 7.30. The molecule has 3 aromatic rings. The molecule has 0 N–H and O–H groups in total. The molecule has 248 valence electrons. The van der Waals surface area contributed by atoms with Crippen LogP contribution in [-0.4, -0.2) is 30.1 Å². The molecule has 0 aliphatic carbocycles. The van der Waals surface area contributed by atoms with Crippen molar-refractivity contribution in [2.75, 3.05) is 7.11 Å². The van der Waals surface area contributed by atoms with E-state index in [9.17, 15) is 53.5 Å². The van der Waals surface area contributed by atoms with Gasteiger partial charge in [0.05, 0.1) is 35.9 Å². The molecular weight excluding hydrogens is 644 g/mol. The summed E-state index contributed by atoms with van der Waals surface area (Å²) in [6.45, 7) is 3.48. The molecule has 0 bridgehead atoms. The zero-order chi connectivity index (χ0) is 34.5. The van der Waals surface area contributed by atoms with Gasteiger partial charge in [0, 0.05) is 18.6 Å². The standard InChI is InChI=1S/C30H23F10NO5/c1-13(41-14(2)26(46-27(41)43)16-7-18(29(35,36)37)9-19(8-16)30(38,39)40)21-10-17(28(32,33)34)5-6-20(21)22-11-25(45-15(3)42)23(31)12-24(22)44-4/h5-14,26H,1-4H3/t13-,14+,26+/m1/s1. The number of esters is 1. The summed E-state index contributed by atoms with van der Waals surface area (Å²) < 4.78 is 152. The fraction of sp³-hybridized carbons (Fsp3) is 0.333. The Morgan fingerprint density at radius 3 is 1.89 bits per heavy atom.